The van der Waals surface area contributed by atoms with Crippen LogP contribution in [0.1, 0.15) is 22.8 Å². The topological polar surface area (TPSA) is 118 Å². The van der Waals surface area contributed by atoms with Gasteiger partial charge in [0, 0.05) is 45.5 Å². The lowest BCUT2D eigenvalue weighted by Crippen LogP contribution is -2.50. The van der Waals surface area contributed by atoms with Gasteiger partial charge in [0.25, 0.3) is 5.91 Å². The zero-order chi connectivity index (χ0) is 25.8. The fourth-order valence-electron chi connectivity index (χ4n) is 3.91. The number of pyridine rings is 1. The highest BCUT2D eigenvalue weighted by Crippen LogP contribution is 2.31. The van der Waals surface area contributed by atoms with Crippen LogP contribution in [0.5, 0.6) is 0 Å². The van der Waals surface area contributed by atoms with Crippen LogP contribution in [0.15, 0.2) is 42.7 Å². The molecule has 188 valence electrons. The molecule has 1 aromatic carbocycles. The number of aromatic nitrogens is 1. The summed E-state index contributed by atoms with van der Waals surface area (Å²) in [6.45, 7) is 1.40. The largest absolute Gasteiger partial charge is 0.452 e. The van der Waals surface area contributed by atoms with Gasteiger partial charge in [-0.25, -0.2) is 18.4 Å². The molecule has 12 heteroatoms. The number of amides is 2. The summed E-state index contributed by atoms with van der Waals surface area (Å²) in [5.41, 5.74) is -0.138. The summed E-state index contributed by atoms with van der Waals surface area (Å²) in [4.78, 5) is 54.4. The van der Waals surface area contributed by atoms with Gasteiger partial charge in [0.2, 0.25) is 5.91 Å². The van der Waals surface area contributed by atoms with Gasteiger partial charge in [0.05, 0.1) is 11.1 Å². The Kier molecular flexibility index (Phi) is 7.23. The zero-order valence-electron chi connectivity index (χ0n) is 19.2. The molecule has 0 bridgehead atoms. The third-order valence-corrected chi connectivity index (χ3v) is 5.62. The van der Waals surface area contributed by atoms with E-state index < -0.39 is 48.2 Å². The molecular weight excluding hydrogens is 478 g/mol. The Bertz CT molecular complexity index is 1210. The molecule has 0 aliphatic carbocycles. The minimum atomic E-state index is -1.01. The van der Waals surface area contributed by atoms with Crippen LogP contribution < -0.4 is 10.2 Å². The molecule has 1 fully saturated rings. The number of halogens is 2. The molecule has 1 N–H and O–H groups in total. The van der Waals surface area contributed by atoms with Crippen molar-refractivity contribution in [1.29, 1.82) is 0 Å². The average Bonchev–Trinajstić information content (AvgIpc) is 3.22. The Balaban J connectivity index is 1.36. The maximum Gasteiger partial charge on any atom is 0.340 e. The number of rotatable bonds is 6. The fraction of sp³-hybridized carbons (Fsp3) is 0.292. The van der Waals surface area contributed by atoms with Crippen molar-refractivity contribution in [2.75, 3.05) is 37.7 Å². The number of cyclic esters (lactones) is 1. The van der Waals surface area contributed by atoms with E-state index in [2.05, 4.69) is 10.3 Å². The number of carbonyl (C=O) groups excluding carboxylic acids is 4. The smallest absolute Gasteiger partial charge is 0.340 e. The van der Waals surface area contributed by atoms with E-state index in [0.29, 0.717) is 0 Å². The monoisotopic (exact) mass is 500 g/mol. The molecule has 2 aliphatic heterocycles. The molecule has 1 saturated heterocycles. The Morgan fingerprint density at radius 2 is 1.86 bits per heavy atom. The number of hydrogen-bond donors (Lipinski definition) is 1. The number of nitrogens with one attached hydrogen (secondary N) is 1. The molecule has 0 saturated carbocycles. The minimum absolute atomic E-state index is 0.0177. The first-order valence-corrected chi connectivity index (χ1v) is 11.0. The first kappa shape index (κ1) is 24.8. The second-order valence-electron chi connectivity index (χ2n) is 8.08. The van der Waals surface area contributed by atoms with Gasteiger partial charge in [-0.3, -0.25) is 14.6 Å². The zero-order valence-corrected chi connectivity index (χ0v) is 19.2. The highest BCUT2D eigenvalue weighted by atomic mass is 19.1. The molecule has 2 aromatic rings. The number of piperazine rings is 1. The SMILES string of the molecule is CC(=O)N[C@H]1C=C(c2cc(F)c(N3CCN(C(=O)COC(=O)c4cccnc4)CC3)c(F)c2)C(=O)O1. The predicted molar refractivity (Wildman–Crippen MR) is 121 cm³/mol. The average molecular weight is 500 g/mol. The normalized spacial score (nSPS) is 17.4. The first-order chi connectivity index (χ1) is 17.2. The van der Waals surface area contributed by atoms with Crippen LogP contribution >= 0.6 is 0 Å². The van der Waals surface area contributed by atoms with Gasteiger partial charge in [0.15, 0.2) is 12.8 Å². The number of nitrogens with zero attached hydrogens (tertiary/aromatic N) is 3. The van der Waals surface area contributed by atoms with E-state index in [4.69, 9.17) is 9.47 Å². The summed E-state index contributed by atoms with van der Waals surface area (Å²) in [7, 11) is 0. The van der Waals surface area contributed by atoms with Gasteiger partial charge in [-0.1, -0.05) is 0 Å². The van der Waals surface area contributed by atoms with Gasteiger partial charge >= 0.3 is 11.9 Å². The van der Waals surface area contributed by atoms with E-state index >= 15 is 0 Å². The quantitative estimate of drug-likeness (QED) is 0.590. The number of esters is 2. The van der Waals surface area contributed by atoms with Crippen LogP contribution in [-0.2, 0) is 23.9 Å². The van der Waals surface area contributed by atoms with Crippen molar-refractivity contribution in [3.8, 4) is 0 Å². The summed E-state index contributed by atoms with van der Waals surface area (Å²) < 4.78 is 39.9. The van der Waals surface area contributed by atoms with E-state index in [9.17, 15) is 28.0 Å². The lowest BCUT2D eigenvalue weighted by molar-refractivity contribution is -0.140. The van der Waals surface area contributed by atoms with E-state index in [1.54, 1.807) is 6.07 Å². The van der Waals surface area contributed by atoms with Crippen molar-refractivity contribution >= 4 is 35.0 Å². The van der Waals surface area contributed by atoms with Crippen LogP contribution in [0, 0.1) is 11.6 Å². The standard InChI is InChI=1S/C24H22F2N4O6/c1-14(31)28-20-11-17(24(34)36-20)16-9-18(25)22(19(26)10-16)30-7-5-29(6-8-30)21(32)13-35-23(33)15-3-2-4-27-12-15/h2-4,9-12,20H,5-8,13H2,1H3,(H,28,31)/t20-/m1/s1. The summed E-state index contributed by atoms with van der Waals surface area (Å²) in [5, 5.41) is 2.38. The molecule has 0 spiro atoms. The summed E-state index contributed by atoms with van der Waals surface area (Å²) >= 11 is 0. The predicted octanol–water partition coefficient (Wildman–Crippen LogP) is 1.27. The number of benzene rings is 1. The van der Waals surface area contributed by atoms with Crippen molar-refractivity contribution in [3.63, 3.8) is 0 Å². The number of hydrogen-bond acceptors (Lipinski definition) is 8. The van der Waals surface area contributed by atoms with Crippen molar-refractivity contribution in [1.82, 2.24) is 15.2 Å². The molecule has 0 radical (unpaired) electrons. The molecule has 3 heterocycles. The highest BCUT2D eigenvalue weighted by Gasteiger charge is 2.30. The minimum Gasteiger partial charge on any atom is -0.452 e. The molecule has 36 heavy (non-hydrogen) atoms. The molecular formula is C24H22F2N4O6. The molecule has 4 rings (SSSR count). The number of carbonyl (C=O) groups is 4. The maximum absolute atomic E-state index is 14.9. The van der Waals surface area contributed by atoms with Crippen LogP contribution in [-0.4, -0.2) is 72.7 Å². The van der Waals surface area contributed by atoms with Gasteiger partial charge in [0.1, 0.15) is 17.3 Å². The Hall–Kier alpha value is -4.35. The lowest BCUT2D eigenvalue weighted by Gasteiger charge is -2.36. The Labute approximate surface area is 204 Å². The third-order valence-electron chi connectivity index (χ3n) is 5.62. The van der Waals surface area contributed by atoms with Crippen molar-refractivity contribution in [2.24, 2.45) is 0 Å². The second-order valence-corrected chi connectivity index (χ2v) is 8.08. The first-order valence-electron chi connectivity index (χ1n) is 11.0. The molecule has 10 nitrogen and oxygen atoms in total. The van der Waals surface area contributed by atoms with E-state index in [0.717, 1.165) is 12.1 Å². The van der Waals surface area contributed by atoms with Crippen LogP contribution in [0.25, 0.3) is 5.57 Å². The maximum atomic E-state index is 14.9. The molecule has 1 atom stereocenters. The molecule has 2 amide bonds. The van der Waals surface area contributed by atoms with E-state index in [1.165, 1.54) is 41.3 Å². The van der Waals surface area contributed by atoms with Gasteiger partial charge in [-0.05, 0) is 35.9 Å². The van der Waals surface area contributed by atoms with Crippen molar-refractivity contribution in [3.05, 3.63) is 65.5 Å². The highest BCUT2D eigenvalue weighted by molar-refractivity contribution is 6.18. The molecule has 1 aromatic heterocycles. The number of ether oxygens (including phenoxy) is 2. The molecule has 0 unspecified atom stereocenters. The fourth-order valence-corrected chi connectivity index (χ4v) is 3.91. The van der Waals surface area contributed by atoms with Gasteiger partial charge < -0.3 is 24.6 Å². The van der Waals surface area contributed by atoms with E-state index in [-0.39, 0.29) is 48.6 Å². The summed E-state index contributed by atoms with van der Waals surface area (Å²) in [6, 6.07) is 5.13. The van der Waals surface area contributed by atoms with Gasteiger partial charge in [-0.2, -0.15) is 0 Å². The van der Waals surface area contributed by atoms with Crippen LogP contribution in [0.2, 0.25) is 0 Å². The number of anilines is 1. The van der Waals surface area contributed by atoms with Crippen LogP contribution in [0.3, 0.4) is 0 Å². The Morgan fingerprint density at radius 3 is 2.47 bits per heavy atom. The van der Waals surface area contributed by atoms with Crippen molar-refractivity contribution in [2.45, 2.75) is 13.2 Å². The van der Waals surface area contributed by atoms with Crippen LogP contribution in [0.4, 0.5) is 14.5 Å². The van der Waals surface area contributed by atoms with Crippen molar-refractivity contribution < 1.29 is 37.4 Å². The Morgan fingerprint density at radius 1 is 1.17 bits per heavy atom. The summed E-state index contributed by atoms with van der Waals surface area (Å²) in [6.07, 6.45) is 3.10. The third kappa shape index (κ3) is 5.48. The van der Waals surface area contributed by atoms with E-state index in [1.807, 2.05) is 0 Å². The molecule has 2 aliphatic rings. The summed E-state index contributed by atoms with van der Waals surface area (Å²) in [5.74, 6) is -4.11. The second kappa shape index (κ2) is 10.5. The van der Waals surface area contributed by atoms with Gasteiger partial charge in [-0.15, -0.1) is 0 Å². The lowest BCUT2D eigenvalue weighted by atomic mass is 10.0.